The monoisotopic (exact) mass is 484 g/mol. The maximum Gasteiger partial charge on any atom is 0.251 e. The van der Waals surface area contributed by atoms with Crippen molar-refractivity contribution in [2.75, 3.05) is 45.1 Å². The molecule has 1 fully saturated rings. The zero-order valence-corrected chi connectivity index (χ0v) is 19.4. The first kappa shape index (κ1) is 23.9. The predicted molar refractivity (Wildman–Crippen MR) is 129 cm³/mol. The minimum absolute atomic E-state index is 0.0790. The van der Waals surface area contributed by atoms with Gasteiger partial charge >= 0.3 is 0 Å². The van der Waals surface area contributed by atoms with E-state index in [9.17, 15) is 9.18 Å². The molecule has 2 heterocycles. The predicted octanol–water partition coefficient (Wildman–Crippen LogP) is 3.76. The van der Waals surface area contributed by atoms with E-state index in [1.165, 1.54) is 12.1 Å². The molecule has 3 N–H and O–H groups in total. The SMILES string of the molecule is Nc1ncc(-c2ccc(C(=O)NCCN3CCOCC3)cc2)cc1OCc1c(F)cccc1Cl. The van der Waals surface area contributed by atoms with Gasteiger partial charge in [-0.15, -0.1) is 0 Å². The van der Waals surface area contributed by atoms with Crippen LogP contribution in [0.1, 0.15) is 15.9 Å². The van der Waals surface area contributed by atoms with Crippen molar-refractivity contribution in [1.29, 1.82) is 0 Å². The number of carbonyl (C=O) groups excluding carboxylic acids is 1. The summed E-state index contributed by atoms with van der Waals surface area (Å²) in [4.78, 5) is 18.9. The molecule has 1 aromatic heterocycles. The fraction of sp³-hybridized carbons (Fsp3) is 0.280. The van der Waals surface area contributed by atoms with Crippen LogP contribution in [0.25, 0.3) is 11.1 Å². The molecule has 3 aromatic rings. The van der Waals surface area contributed by atoms with Crippen molar-refractivity contribution in [3.63, 3.8) is 0 Å². The summed E-state index contributed by atoms with van der Waals surface area (Å²) in [5.74, 6) is -0.0655. The van der Waals surface area contributed by atoms with Crippen molar-refractivity contribution in [3.8, 4) is 16.9 Å². The van der Waals surface area contributed by atoms with Crippen LogP contribution in [0, 0.1) is 5.82 Å². The standard InChI is InChI=1S/C25H26ClFN4O3/c26-21-2-1-3-22(27)20(21)16-34-23-14-19(15-30-24(23)28)17-4-6-18(7-5-17)25(32)29-8-9-31-10-12-33-13-11-31/h1-7,14-15H,8-13,16H2,(H2,28,30)(H,29,32). The van der Waals surface area contributed by atoms with E-state index >= 15 is 0 Å². The molecular formula is C25H26ClFN4O3. The van der Waals surface area contributed by atoms with E-state index in [2.05, 4.69) is 15.2 Å². The molecule has 7 nitrogen and oxygen atoms in total. The van der Waals surface area contributed by atoms with Gasteiger partial charge in [-0.2, -0.15) is 0 Å². The number of ether oxygens (including phenoxy) is 2. The number of amides is 1. The molecule has 9 heteroatoms. The number of benzene rings is 2. The molecular weight excluding hydrogens is 459 g/mol. The number of carbonyl (C=O) groups is 1. The number of halogens is 2. The van der Waals surface area contributed by atoms with Gasteiger partial charge in [0.1, 0.15) is 12.4 Å². The molecule has 1 saturated heterocycles. The molecule has 0 unspecified atom stereocenters. The Morgan fingerprint density at radius 1 is 1.18 bits per heavy atom. The number of hydrogen-bond donors (Lipinski definition) is 2. The van der Waals surface area contributed by atoms with Crippen molar-refractivity contribution in [2.45, 2.75) is 6.61 Å². The smallest absolute Gasteiger partial charge is 0.251 e. The number of aromatic nitrogens is 1. The summed E-state index contributed by atoms with van der Waals surface area (Å²) in [7, 11) is 0. The van der Waals surface area contributed by atoms with E-state index in [0.717, 1.165) is 44.0 Å². The third kappa shape index (κ3) is 6.02. The summed E-state index contributed by atoms with van der Waals surface area (Å²) in [5, 5.41) is 3.23. The maximum absolute atomic E-state index is 14.0. The van der Waals surface area contributed by atoms with E-state index in [0.29, 0.717) is 17.9 Å². The molecule has 0 atom stereocenters. The summed E-state index contributed by atoms with van der Waals surface area (Å²) in [6.45, 7) is 4.54. The molecule has 0 spiro atoms. The van der Waals surface area contributed by atoms with Gasteiger partial charge in [0.2, 0.25) is 0 Å². The van der Waals surface area contributed by atoms with Crippen molar-refractivity contribution in [1.82, 2.24) is 15.2 Å². The normalized spacial score (nSPS) is 14.1. The van der Waals surface area contributed by atoms with Crippen LogP contribution in [0.5, 0.6) is 5.75 Å². The summed E-state index contributed by atoms with van der Waals surface area (Å²) >= 11 is 6.07. The van der Waals surface area contributed by atoms with E-state index < -0.39 is 5.82 Å². The first-order chi connectivity index (χ1) is 16.5. The van der Waals surface area contributed by atoms with Gasteiger partial charge in [-0.25, -0.2) is 9.37 Å². The van der Waals surface area contributed by atoms with E-state index in [1.54, 1.807) is 30.5 Å². The van der Waals surface area contributed by atoms with Crippen molar-refractivity contribution in [3.05, 3.63) is 76.7 Å². The first-order valence-corrected chi connectivity index (χ1v) is 11.4. The Morgan fingerprint density at radius 3 is 2.68 bits per heavy atom. The van der Waals surface area contributed by atoms with Crippen LogP contribution in [0.2, 0.25) is 5.02 Å². The molecule has 0 saturated carbocycles. The molecule has 4 rings (SSSR count). The molecule has 0 radical (unpaired) electrons. The van der Waals surface area contributed by atoms with Gasteiger partial charge in [-0.1, -0.05) is 29.8 Å². The zero-order valence-electron chi connectivity index (χ0n) is 18.6. The maximum atomic E-state index is 14.0. The zero-order chi connectivity index (χ0) is 23.9. The van der Waals surface area contributed by atoms with Crippen LogP contribution in [0.3, 0.4) is 0 Å². The molecule has 1 amide bonds. The Balaban J connectivity index is 1.37. The van der Waals surface area contributed by atoms with E-state index in [1.807, 2.05) is 12.1 Å². The molecule has 2 aromatic carbocycles. The number of nitrogens with zero attached hydrogens (tertiary/aromatic N) is 2. The van der Waals surface area contributed by atoms with Gasteiger partial charge in [0.15, 0.2) is 11.6 Å². The third-order valence-electron chi connectivity index (χ3n) is 5.61. The average molecular weight is 485 g/mol. The number of nitrogen functional groups attached to an aromatic ring is 1. The number of nitrogens with two attached hydrogens (primary N) is 1. The van der Waals surface area contributed by atoms with Crippen molar-refractivity contribution in [2.24, 2.45) is 0 Å². The number of pyridine rings is 1. The fourth-order valence-electron chi connectivity index (χ4n) is 3.62. The van der Waals surface area contributed by atoms with Gasteiger partial charge in [0.25, 0.3) is 5.91 Å². The highest BCUT2D eigenvalue weighted by Gasteiger charge is 2.13. The van der Waals surface area contributed by atoms with Crippen molar-refractivity contribution >= 4 is 23.3 Å². The number of anilines is 1. The van der Waals surface area contributed by atoms with Gasteiger partial charge in [-0.3, -0.25) is 9.69 Å². The lowest BCUT2D eigenvalue weighted by atomic mass is 10.0. The summed E-state index contributed by atoms with van der Waals surface area (Å²) in [6.07, 6.45) is 1.62. The second-order valence-corrected chi connectivity index (χ2v) is 8.29. The number of hydrogen-bond acceptors (Lipinski definition) is 6. The highest BCUT2D eigenvalue weighted by Crippen LogP contribution is 2.29. The Kier molecular flexibility index (Phi) is 7.95. The van der Waals surface area contributed by atoms with E-state index in [-0.39, 0.29) is 28.9 Å². The largest absolute Gasteiger partial charge is 0.485 e. The quantitative estimate of drug-likeness (QED) is 0.506. The molecule has 0 aliphatic carbocycles. The first-order valence-electron chi connectivity index (χ1n) is 11.0. The number of morpholine rings is 1. The second kappa shape index (κ2) is 11.3. The highest BCUT2D eigenvalue weighted by molar-refractivity contribution is 6.31. The van der Waals surface area contributed by atoms with Crippen LogP contribution >= 0.6 is 11.6 Å². The van der Waals surface area contributed by atoms with Gasteiger partial charge in [0, 0.05) is 49.1 Å². The van der Waals surface area contributed by atoms with Crippen LogP contribution in [-0.4, -0.2) is 55.2 Å². The summed E-state index contributed by atoms with van der Waals surface area (Å²) in [5.41, 5.74) is 8.36. The van der Waals surface area contributed by atoms with Crippen LogP contribution in [0.4, 0.5) is 10.2 Å². The van der Waals surface area contributed by atoms with Crippen molar-refractivity contribution < 1.29 is 18.7 Å². The third-order valence-corrected chi connectivity index (χ3v) is 5.97. The molecule has 34 heavy (non-hydrogen) atoms. The van der Waals surface area contributed by atoms with Crippen LogP contribution in [0.15, 0.2) is 54.7 Å². The van der Waals surface area contributed by atoms with Gasteiger partial charge in [0.05, 0.1) is 18.2 Å². The van der Waals surface area contributed by atoms with Gasteiger partial charge < -0.3 is 20.5 Å². The number of nitrogens with one attached hydrogen (secondary N) is 1. The topological polar surface area (TPSA) is 89.7 Å². The minimum Gasteiger partial charge on any atom is -0.485 e. The molecule has 1 aliphatic heterocycles. The fourth-order valence-corrected chi connectivity index (χ4v) is 3.83. The molecule has 0 bridgehead atoms. The Hall–Kier alpha value is -3.20. The summed E-state index contributed by atoms with van der Waals surface area (Å²) in [6, 6.07) is 13.4. The van der Waals surface area contributed by atoms with Gasteiger partial charge in [-0.05, 0) is 35.9 Å². The lowest BCUT2D eigenvalue weighted by molar-refractivity contribution is 0.0383. The number of rotatable bonds is 8. The van der Waals surface area contributed by atoms with E-state index in [4.69, 9.17) is 26.8 Å². The second-order valence-electron chi connectivity index (χ2n) is 7.88. The lowest BCUT2D eigenvalue weighted by Gasteiger charge is -2.26. The summed E-state index contributed by atoms with van der Waals surface area (Å²) < 4.78 is 25.1. The Labute approximate surface area is 202 Å². The Morgan fingerprint density at radius 2 is 1.94 bits per heavy atom. The Bertz CT molecular complexity index is 1120. The average Bonchev–Trinajstić information content (AvgIpc) is 2.85. The highest BCUT2D eigenvalue weighted by atomic mass is 35.5. The molecule has 178 valence electrons. The van der Waals surface area contributed by atoms with Crippen LogP contribution < -0.4 is 15.8 Å². The minimum atomic E-state index is -0.450. The van der Waals surface area contributed by atoms with Crippen LogP contribution in [-0.2, 0) is 11.3 Å². The lowest BCUT2D eigenvalue weighted by Crippen LogP contribution is -2.41. The molecule has 1 aliphatic rings.